The molecule has 0 fully saturated rings. The molecule has 0 aliphatic rings. The van der Waals surface area contributed by atoms with Crippen molar-refractivity contribution in [3.8, 4) is 0 Å². The fourth-order valence-corrected chi connectivity index (χ4v) is 3.06. The maximum absolute atomic E-state index is 12.5. The number of hydrogen-bond donors (Lipinski definition) is 1. The Kier molecular flexibility index (Phi) is 5.01. The summed E-state index contributed by atoms with van der Waals surface area (Å²) in [5.74, 6) is 0.367. The second kappa shape index (κ2) is 5.79. The lowest BCUT2D eigenvalue weighted by molar-refractivity contribution is -0.137. The van der Waals surface area contributed by atoms with Crippen LogP contribution in [0.25, 0.3) is 0 Å². The molecule has 1 rings (SSSR count). The van der Waals surface area contributed by atoms with E-state index in [0.29, 0.717) is 28.6 Å². The van der Waals surface area contributed by atoms with E-state index in [1.54, 1.807) is 0 Å². The summed E-state index contributed by atoms with van der Waals surface area (Å²) in [7, 11) is 0. The van der Waals surface area contributed by atoms with Crippen LogP contribution in [0.2, 0.25) is 0 Å². The van der Waals surface area contributed by atoms with Crippen molar-refractivity contribution in [1.82, 2.24) is 4.98 Å². The molecule has 0 aliphatic carbocycles. The molecule has 19 heavy (non-hydrogen) atoms. The van der Waals surface area contributed by atoms with Gasteiger partial charge in [0.25, 0.3) is 0 Å². The van der Waals surface area contributed by atoms with Crippen molar-refractivity contribution >= 4 is 11.3 Å². The molecule has 0 bridgehead atoms. The molecule has 2 N–H and O–H groups in total. The summed E-state index contributed by atoms with van der Waals surface area (Å²) < 4.78 is 37.4. The summed E-state index contributed by atoms with van der Waals surface area (Å²) in [5, 5.41) is -0.818. The maximum atomic E-state index is 12.5. The molecule has 0 aromatic carbocycles. The van der Waals surface area contributed by atoms with E-state index < -0.39 is 11.2 Å². The Morgan fingerprint density at radius 3 is 2.32 bits per heavy atom. The van der Waals surface area contributed by atoms with Crippen molar-refractivity contribution < 1.29 is 13.2 Å². The topological polar surface area (TPSA) is 38.9 Å². The van der Waals surface area contributed by atoms with Crippen LogP contribution in [-0.4, -0.2) is 4.98 Å². The maximum Gasteiger partial charge on any atom is 0.443 e. The first kappa shape index (κ1) is 16.4. The molecule has 0 aliphatic heterocycles. The minimum absolute atomic E-state index is 0.198. The first-order chi connectivity index (χ1) is 8.49. The van der Waals surface area contributed by atoms with Crippen LogP contribution in [0.5, 0.6) is 0 Å². The smallest absolute Gasteiger partial charge is 0.323 e. The van der Waals surface area contributed by atoms with Crippen molar-refractivity contribution in [2.24, 2.45) is 17.1 Å². The largest absolute Gasteiger partial charge is 0.443 e. The van der Waals surface area contributed by atoms with Crippen LogP contribution >= 0.6 is 11.3 Å². The van der Waals surface area contributed by atoms with Crippen LogP contribution in [0, 0.1) is 11.3 Å². The van der Waals surface area contributed by atoms with Gasteiger partial charge in [0, 0.05) is 17.1 Å². The Morgan fingerprint density at radius 2 is 1.89 bits per heavy atom. The minimum Gasteiger partial charge on any atom is -0.323 e. The zero-order valence-corrected chi connectivity index (χ0v) is 12.5. The number of alkyl halides is 3. The number of hydrogen-bond acceptors (Lipinski definition) is 3. The van der Waals surface area contributed by atoms with Gasteiger partial charge in [0.2, 0.25) is 0 Å². The second-order valence-electron chi connectivity index (χ2n) is 6.28. The molecule has 0 saturated carbocycles. The molecule has 0 radical (unpaired) electrons. The minimum atomic E-state index is -4.38. The summed E-state index contributed by atoms with van der Waals surface area (Å²) in [6.45, 7) is 8.51. The fourth-order valence-electron chi connectivity index (χ4n) is 2.27. The van der Waals surface area contributed by atoms with Crippen LogP contribution in [0.3, 0.4) is 0 Å². The molecule has 0 amide bonds. The number of aromatic nitrogens is 1. The van der Waals surface area contributed by atoms with Crippen LogP contribution in [0.4, 0.5) is 13.2 Å². The van der Waals surface area contributed by atoms with Crippen LogP contribution in [0.1, 0.15) is 56.5 Å². The van der Waals surface area contributed by atoms with Gasteiger partial charge in [0.05, 0.1) is 0 Å². The highest BCUT2D eigenvalue weighted by molar-refractivity contribution is 7.11. The number of halogens is 3. The third-order valence-electron chi connectivity index (χ3n) is 2.75. The third-order valence-corrected chi connectivity index (χ3v) is 3.92. The van der Waals surface area contributed by atoms with E-state index >= 15 is 0 Å². The Labute approximate surface area is 116 Å². The van der Waals surface area contributed by atoms with Gasteiger partial charge in [-0.25, -0.2) is 4.98 Å². The van der Waals surface area contributed by atoms with Gasteiger partial charge in [0.1, 0.15) is 0 Å². The molecular formula is C13H21F3N2S. The molecule has 6 heteroatoms. The van der Waals surface area contributed by atoms with Crippen molar-refractivity contribution in [3.05, 3.63) is 16.1 Å². The third kappa shape index (κ3) is 5.48. The predicted octanol–water partition coefficient (Wildman–Crippen LogP) is 4.62. The highest BCUT2D eigenvalue weighted by atomic mass is 32.1. The van der Waals surface area contributed by atoms with E-state index in [1.807, 2.05) is 0 Å². The Bertz CT molecular complexity index is 407. The summed E-state index contributed by atoms with van der Waals surface area (Å²) in [5.41, 5.74) is 6.17. The number of nitrogens with two attached hydrogens (primary N) is 1. The molecular weight excluding hydrogens is 273 g/mol. The summed E-state index contributed by atoms with van der Waals surface area (Å²) in [6, 6.07) is -0.369. The molecule has 2 unspecified atom stereocenters. The number of rotatable bonds is 4. The van der Waals surface area contributed by atoms with Crippen LogP contribution in [-0.2, 0) is 6.18 Å². The normalized spacial score (nSPS) is 16.4. The fraction of sp³-hybridized carbons (Fsp3) is 0.769. The average Bonchev–Trinajstić information content (AvgIpc) is 2.61. The second-order valence-corrected chi connectivity index (χ2v) is 7.34. The SMILES string of the molecule is CC(CC(N)c1cnc(C(F)(F)F)s1)CC(C)(C)C. The van der Waals surface area contributed by atoms with E-state index in [9.17, 15) is 13.2 Å². The van der Waals surface area contributed by atoms with Gasteiger partial charge < -0.3 is 5.73 Å². The van der Waals surface area contributed by atoms with Gasteiger partial charge in [0.15, 0.2) is 5.01 Å². The van der Waals surface area contributed by atoms with E-state index in [4.69, 9.17) is 5.73 Å². The molecule has 2 atom stereocenters. The number of thiazole rings is 1. The molecule has 1 heterocycles. The molecule has 110 valence electrons. The standard InChI is InChI=1S/C13H21F3N2S/c1-8(6-12(2,3)4)5-9(17)10-7-18-11(19-10)13(14,15)16/h7-9H,5-6,17H2,1-4H3. The summed E-state index contributed by atoms with van der Waals surface area (Å²) >= 11 is 0.647. The zero-order valence-electron chi connectivity index (χ0n) is 11.7. The van der Waals surface area contributed by atoms with Crippen LogP contribution < -0.4 is 5.73 Å². The highest BCUT2D eigenvalue weighted by Gasteiger charge is 2.35. The van der Waals surface area contributed by atoms with Crippen LogP contribution in [0.15, 0.2) is 6.20 Å². The van der Waals surface area contributed by atoms with E-state index in [1.165, 1.54) is 6.20 Å². The first-order valence-corrected chi connectivity index (χ1v) is 7.09. The van der Waals surface area contributed by atoms with Gasteiger partial charge >= 0.3 is 6.18 Å². The average molecular weight is 294 g/mol. The van der Waals surface area contributed by atoms with Crippen molar-refractivity contribution in [3.63, 3.8) is 0 Å². The van der Waals surface area contributed by atoms with Gasteiger partial charge in [-0.05, 0) is 24.2 Å². The van der Waals surface area contributed by atoms with Gasteiger partial charge in [-0.2, -0.15) is 13.2 Å². The predicted molar refractivity (Wildman–Crippen MR) is 71.9 cm³/mol. The monoisotopic (exact) mass is 294 g/mol. The molecule has 0 spiro atoms. The van der Waals surface area contributed by atoms with E-state index in [-0.39, 0.29) is 11.5 Å². The Morgan fingerprint density at radius 1 is 1.32 bits per heavy atom. The molecule has 0 saturated heterocycles. The molecule has 1 aromatic heterocycles. The van der Waals surface area contributed by atoms with Gasteiger partial charge in [-0.3, -0.25) is 0 Å². The quantitative estimate of drug-likeness (QED) is 0.879. The van der Waals surface area contributed by atoms with E-state index in [2.05, 4.69) is 32.7 Å². The van der Waals surface area contributed by atoms with Crippen molar-refractivity contribution in [2.45, 2.75) is 52.8 Å². The molecule has 2 nitrogen and oxygen atoms in total. The molecule has 1 aromatic rings. The lowest BCUT2D eigenvalue weighted by atomic mass is 9.83. The lowest BCUT2D eigenvalue weighted by Crippen LogP contribution is -2.17. The van der Waals surface area contributed by atoms with Crippen molar-refractivity contribution in [1.29, 1.82) is 0 Å². The van der Waals surface area contributed by atoms with Gasteiger partial charge in [-0.1, -0.05) is 27.7 Å². The first-order valence-electron chi connectivity index (χ1n) is 6.27. The summed E-state index contributed by atoms with van der Waals surface area (Å²) in [4.78, 5) is 3.91. The highest BCUT2D eigenvalue weighted by Crippen LogP contribution is 2.36. The zero-order chi connectivity index (χ0) is 14.8. The Hall–Kier alpha value is -0.620. The van der Waals surface area contributed by atoms with Gasteiger partial charge in [-0.15, -0.1) is 11.3 Å². The Balaban J connectivity index is 2.63. The number of nitrogens with zero attached hydrogens (tertiary/aromatic N) is 1. The summed E-state index contributed by atoms with van der Waals surface area (Å²) in [6.07, 6.45) is -1.45. The lowest BCUT2D eigenvalue weighted by Gasteiger charge is -2.24. The van der Waals surface area contributed by atoms with E-state index in [0.717, 1.165) is 6.42 Å². The van der Waals surface area contributed by atoms with Crippen molar-refractivity contribution in [2.75, 3.05) is 0 Å².